The van der Waals surface area contributed by atoms with Crippen molar-refractivity contribution in [3.8, 4) is 0 Å². The fraction of sp³-hybridized carbons (Fsp3) is 0.923. The van der Waals surface area contributed by atoms with Gasteiger partial charge in [-0.05, 0) is 52.4 Å². The van der Waals surface area contributed by atoms with Crippen LogP contribution in [0.3, 0.4) is 0 Å². The van der Waals surface area contributed by atoms with Gasteiger partial charge in [-0.2, -0.15) is 0 Å². The van der Waals surface area contributed by atoms with E-state index in [2.05, 4.69) is 11.9 Å². The van der Waals surface area contributed by atoms with Crippen LogP contribution < -0.4 is 0 Å². The maximum absolute atomic E-state index is 11.2. The van der Waals surface area contributed by atoms with E-state index < -0.39 is 5.97 Å². The third kappa shape index (κ3) is 4.64. The van der Waals surface area contributed by atoms with Gasteiger partial charge in [0.1, 0.15) is 6.04 Å². The normalized spacial score (nSPS) is 20.7. The molecular formula is C13H26N2O2. The lowest BCUT2D eigenvalue weighted by Crippen LogP contribution is -2.43. The highest BCUT2D eigenvalue weighted by atomic mass is 16.4. The zero-order valence-corrected chi connectivity index (χ0v) is 11.4. The van der Waals surface area contributed by atoms with Crippen LogP contribution in [0.2, 0.25) is 0 Å². The summed E-state index contributed by atoms with van der Waals surface area (Å²) < 4.78 is 0. The number of rotatable bonds is 6. The molecule has 1 N–H and O–H groups in total. The number of aliphatic carboxylic acids is 1. The van der Waals surface area contributed by atoms with Crippen LogP contribution in [0.25, 0.3) is 0 Å². The van der Waals surface area contributed by atoms with Crippen LogP contribution in [0.5, 0.6) is 0 Å². The third-order valence-electron chi connectivity index (χ3n) is 3.76. The van der Waals surface area contributed by atoms with Gasteiger partial charge in [0.05, 0.1) is 0 Å². The summed E-state index contributed by atoms with van der Waals surface area (Å²) in [5, 5.41) is 9.20. The Morgan fingerprint density at radius 3 is 2.53 bits per heavy atom. The monoisotopic (exact) mass is 242 g/mol. The maximum atomic E-state index is 11.2. The van der Waals surface area contributed by atoms with Crippen molar-refractivity contribution in [2.75, 3.05) is 33.7 Å². The van der Waals surface area contributed by atoms with E-state index in [9.17, 15) is 9.90 Å². The zero-order chi connectivity index (χ0) is 12.8. The molecule has 1 unspecified atom stereocenters. The summed E-state index contributed by atoms with van der Waals surface area (Å²) >= 11 is 0. The van der Waals surface area contributed by atoms with Crippen LogP contribution in [0, 0.1) is 5.92 Å². The molecule has 17 heavy (non-hydrogen) atoms. The van der Waals surface area contributed by atoms with Gasteiger partial charge in [0, 0.05) is 6.54 Å². The van der Waals surface area contributed by atoms with Gasteiger partial charge in [0.2, 0.25) is 0 Å². The fourth-order valence-electron chi connectivity index (χ4n) is 2.58. The molecule has 0 amide bonds. The van der Waals surface area contributed by atoms with Gasteiger partial charge in [-0.15, -0.1) is 0 Å². The van der Waals surface area contributed by atoms with E-state index in [-0.39, 0.29) is 6.04 Å². The van der Waals surface area contributed by atoms with E-state index >= 15 is 0 Å². The topological polar surface area (TPSA) is 43.8 Å². The van der Waals surface area contributed by atoms with Crippen molar-refractivity contribution in [3.05, 3.63) is 0 Å². The lowest BCUT2D eigenvalue weighted by Gasteiger charge is -2.33. The van der Waals surface area contributed by atoms with E-state index in [0.717, 1.165) is 32.5 Å². The van der Waals surface area contributed by atoms with E-state index in [1.807, 2.05) is 18.9 Å². The summed E-state index contributed by atoms with van der Waals surface area (Å²) in [6.45, 7) is 5.25. The first-order valence-electron chi connectivity index (χ1n) is 6.66. The SMILES string of the molecule is CCCC(C(=O)O)N(C)CC1CCN(C)CC1. The number of nitrogens with zero attached hydrogens (tertiary/aromatic N) is 2. The summed E-state index contributed by atoms with van der Waals surface area (Å²) in [7, 11) is 4.10. The van der Waals surface area contributed by atoms with Crippen molar-refractivity contribution in [1.29, 1.82) is 0 Å². The molecule has 0 aromatic carbocycles. The first-order chi connectivity index (χ1) is 8.04. The van der Waals surface area contributed by atoms with Crippen molar-refractivity contribution in [2.45, 2.75) is 38.6 Å². The number of likely N-dealkylation sites (tertiary alicyclic amines) is 1. The predicted octanol–water partition coefficient (Wildman–Crippen LogP) is 1.51. The molecule has 0 aromatic rings. The first-order valence-corrected chi connectivity index (χ1v) is 6.66. The molecule has 1 saturated heterocycles. The van der Waals surface area contributed by atoms with E-state index in [4.69, 9.17) is 0 Å². The van der Waals surface area contributed by atoms with Gasteiger partial charge in [-0.25, -0.2) is 0 Å². The van der Waals surface area contributed by atoms with Gasteiger partial charge in [-0.3, -0.25) is 9.69 Å². The molecule has 1 fully saturated rings. The van der Waals surface area contributed by atoms with E-state index in [1.54, 1.807) is 0 Å². The molecule has 0 aromatic heterocycles. The van der Waals surface area contributed by atoms with Gasteiger partial charge >= 0.3 is 5.97 Å². The number of carboxylic acids is 1. The lowest BCUT2D eigenvalue weighted by atomic mass is 9.96. The molecule has 1 atom stereocenters. The first kappa shape index (κ1) is 14.5. The van der Waals surface area contributed by atoms with Crippen molar-refractivity contribution in [2.24, 2.45) is 5.92 Å². The summed E-state index contributed by atoms with van der Waals surface area (Å²) in [5.41, 5.74) is 0. The van der Waals surface area contributed by atoms with Gasteiger partial charge in [-0.1, -0.05) is 13.3 Å². The molecular weight excluding hydrogens is 216 g/mol. The number of hydrogen-bond donors (Lipinski definition) is 1. The summed E-state index contributed by atoms with van der Waals surface area (Å²) in [4.78, 5) is 15.5. The molecule has 1 heterocycles. The fourth-order valence-corrected chi connectivity index (χ4v) is 2.58. The minimum absolute atomic E-state index is 0.306. The number of piperidine rings is 1. The summed E-state index contributed by atoms with van der Waals surface area (Å²) in [5.74, 6) is -0.0165. The maximum Gasteiger partial charge on any atom is 0.320 e. The molecule has 0 saturated carbocycles. The minimum Gasteiger partial charge on any atom is -0.480 e. The smallest absolute Gasteiger partial charge is 0.320 e. The Bertz CT molecular complexity index is 238. The van der Waals surface area contributed by atoms with E-state index in [0.29, 0.717) is 5.92 Å². The van der Waals surface area contributed by atoms with Gasteiger partial charge < -0.3 is 10.0 Å². The predicted molar refractivity (Wildman–Crippen MR) is 69.2 cm³/mol. The zero-order valence-electron chi connectivity index (χ0n) is 11.4. The van der Waals surface area contributed by atoms with Crippen molar-refractivity contribution in [1.82, 2.24) is 9.80 Å². The number of carboxylic acid groups (broad SMARTS) is 1. The Morgan fingerprint density at radius 2 is 2.06 bits per heavy atom. The van der Waals surface area contributed by atoms with E-state index in [1.165, 1.54) is 12.8 Å². The van der Waals surface area contributed by atoms with Crippen LogP contribution in [-0.2, 0) is 4.79 Å². The average Bonchev–Trinajstić information content (AvgIpc) is 2.28. The molecule has 0 radical (unpaired) electrons. The Kier molecular flexibility index (Phi) is 5.92. The average molecular weight is 242 g/mol. The van der Waals surface area contributed by atoms with Gasteiger partial charge in [0.25, 0.3) is 0 Å². The lowest BCUT2D eigenvalue weighted by molar-refractivity contribution is -0.143. The molecule has 1 aliphatic rings. The highest BCUT2D eigenvalue weighted by Crippen LogP contribution is 2.18. The van der Waals surface area contributed by atoms with Crippen LogP contribution in [0.15, 0.2) is 0 Å². The van der Waals surface area contributed by atoms with Crippen molar-refractivity contribution in [3.63, 3.8) is 0 Å². The Morgan fingerprint density at radius 1 is 1.47 bits per heavy atom. The third-order valence-corrected chi connectivity index (χ3v) is 3.76. The molecule has 1 rings (SSSR count). The molecule has 100 valence electrons. The van der Waals surface area contributed by atoms with Crippen LogP contribution in [0.1, 0.15) is 32.6 Å². The number of likely N-dealkylation sites (N-methyl/N-ethyl adjacent to an activating group) is 1. The standard InChI is InChI=1S/C13H26N2O2/c1-4-5-12(13(16)17)15(3)10-11-6-8-14(2)9-7-11/h11-12H,4-10H2,1-3H3,(H,16,17). The van der Waals surface area contributed by atoms with Gasteiger partial charge in [0.15, 0.2) is 0 Å². The molecule has 0 aliphatic carbocycles. The highest BCUT2D eigenvalue weighted by Gasteiger charge is 2.25. The van der Waals surface area contributed by atoms with Crippen LogP contribution in [-0.4, -0.2) is 60.6 Å². The molecule has 1 aliphatic heterocycles. The van der Waals surface area contributed by atoms with Crippen LogP contribution >= 0.6 is 0 Å². The number of hydrogen-bond acceptors (Lipinski definition) is 3. The van der Waals surface area contributed by atoms with Crippen molar-refractivity contribution >= 4 is 5.97 Å². The molecule has 0 spiro atoms. The second kappa shape index (κ2) is 6.97. The Balaban J connectivity index is 2.40. The number of carbonyl (C=O) groups is 1. The molecule has 4 heteroatoms. The second-order valence-electron chi connectivity index (χ2n) is 5.33. The Labute approximate surface area is 105 Å². The molecule has 4 nitrogen and oxygen atoms in total. The summed E-state index contributed by atoms with van der Waals surface area (Å²) in [6, 6.07) is -0.306. The van der Waals surface area contributed by atoms with Crippen molar-refractivity contribution < 1.29 is 9.90 Å². The summed E-state index contributed by atoms with van der Waals surface area (Å²) in [6.07, 6.45) is 4.06. The second-order valence-corrected chi connectivity index (χ2v) is 5.33. The largest absolute Gasteiger partial charge is 0.480 e. The Hall–Kier alpha value is -0.610. The van der Waals surface area contributed by atoms with Crippen LogP contribution in [0.4, 0.5) is 0 Å². The minimum atomic E-state index is -0.678. The quantitative estimate of drug-likeness (QED) is 0.767. The highest BCUT2D eigenvalue weighted by molar-refractivity contribution is 5.73. The molecule has 0 bridgehead atoms.